The number of carboxylic acid groups (broad SMARTS) is 1. The molecule has 1 aromatic carbocycles. The zero-order valence-electron chi connectivity index (χ0n) is 9.86. The molecule has 4 heteroatoms. The Kier molecular flexibility index (Phi) is 4.31. The lowest BCUT2D eigenvalue weighted by molar-refractivity contribution is 0.0696. The molecule has 0 saturated carbocycles. The molecule has 0 amide bonds. The second kappa shape index (κ2) is 5.51. The number of aryl methyl sites for hydroxylation is 1. The number of hydrogen-bond donors (Lipinski definition) is 1. The summed E-state index contributed by atoms with van der Waals surface area (Å²) in [6, 6.07) is 5.01. The zero-order valence-corrected chi connectivity index (χ0v) is 9.86. The van der Waals surface area contributed by atoms with Crippen molar-refractivity contribution < 1.29 is 14.6 Å². The van der Waals surface area contributed by atoms with Crippen molar-refractivity contribution >= 4 is 5.97 Å². The van der Waals surface area contributed by atoms with Crippen LogP contribution in [-0.4, -0.2) is 43.2 Å². The van der Waals surface area contributed by atoms with Crippen molar-refractivity contribution in [1.29, 1.82) is 0 Å². The highest BCUT2D eigenvalue weighted by atomic mass is 16.5. The summed E-state index contributed by atoms with van der Waals surface area (Å²) in [5, 5.41) is 8.86. The van der Waals surface area contributed by atoms with E-state index < -0.39 is 5.97 Å². The molecule has 0 spiro atoms. The van der Waals surface area contributed by atoms with Gasteiger partial charge in [0.15, 0.2) is 0 Å². The van der Waals surface area contributed by atoms with Crippen molar-refractivity contribution in [3.05, 3.63) is 29.3 Å². The number of likely N-dealkylation sites (N-methyl/N-ethyl adjacent to an activating group) is 1. The molecule has 1 aromatic rings. The average Bonchev–Trinajstić information content (AvgIpc) is 2.16. The van der Waals surface area contributed by atoms with E-state index in [-0.39, 0.29) is 0 Å². The number of aromatic carboxylic acids is 1. The maximum Gasteiger partial charge on any atom is 0.335 e. The fourth-order valence-corrected chi connectivity index (χ4v) is 1.31. The minimum Gasteiger partial charge on any atom is -0.492 e. The number of ether oxygens (including phenoxy) is 1. The first kappa shape index (κ1) is 12.5. The molecule has 0 aliphatic rings. The van der Waals surface area contributed by atoms with E-state index in [0.717, 1.165) is 12.1 Å². The van der Waals surface area contributed by atoms with Gasteiger partial charge in [0.1, 0.15) is 12.4 Å². The summed E-state index contributed by atoms with van der Waals surface area (Å²) in [6.07, 6.45) is 0. The first-order valence-corrected chi connectivity index (χ1v) is 5.12. The lowest BCUT2D eigenvalue weighted by Gasteiger charge is -2.11. The van der Waals surface area contributed by atoms with Crippen molar-refractivity contribution in [2.24, 2.45) is 0 Å². The van der Waals surface area contributed by atoms with Gasteiger partial charge in [-0.15, -0.1) is 0 Å². The van der Waals surface area contributed by atoms with Gasteiger partial charge in [-0.3, -0.25) is 0 Å². The van der Waals surface area contributed by atoms with Crippen LogP contribution in [0.1, 0.15) is 15.9 Å². The largest absolute Gasteiger partial charge is 0.492 e. The number of carbonyl (C=O) groups is 1. The summed E-state index contributed by atoms with van der Waals surface area (Å²) in [7, 11) is 3.95. The van der Waals surface area contributed by atoms with Crippen molar-refractivity contribution in [2.75, 3.05) is 27.2 Å². The van der Waals surface area contributed by atoms with Gasteiger partial charge in [0.05, 0.1) is 5.56 Å². The molecule has 0 aliphatic carbocycles. The molecular formula is C12H17NO3. The Hall–Kier alpha value is -1.55. The third kappa shape index (κ3) is 3.55. The van der Waals surface area contributed by atoms with Crippen LogP contribution < -0.4 is 4.74 Å². The van der Waals surface area contributed by atoms with E-state index in [1.165, 1.54) is 0 Å². The predicted octanol–water partition coefficient (Wildman–Crippen LogP) is 1.63. The molecule has 0 aliphatic heterocycles. The third-order valence-electron chi connectivity index (χ3n) is 2.24. The molecule has 88 valence electrons. The Balaban J connectivity index is 2.63. The van der Waals surface area contributed by atoms with Crippen LogP contribution in [0.15, 0.2) is 18.2 Å². The van der Waals surface area contributed by atoms with E-state index in [2.05, 4.69) is 0 Å². The lowest BCUT2D eigenvalue weighted by Crippen LogP contribution is -2.19. The first-order chi connectivity index (χ1) is 7.50. The highest BCUT2D eigenvalue weighted by molar-refractivity contribution is 5.89. The van der Waals surface area contributed by atoms with Crippen LogP contribution in [0.5, 0.6) is 5.75 Å². The van der Waals surface area contributed by atoms with Crippen molar-refractivity contribution in [2.45, 2.75) is 6.92 Å². The van der Waals surface area contributed by atoms with Crippen LogP contribution >= 0.6 is 0 Å². The number of nitrogens with zero attached hydrogens (tertiary/aromatic N) is 1. The van der Waals surface area contributed by atoms with Crippen molar-refractivity contribution in [3.8, 4) is 5.75 Å². The molecule has 1 N–H and O–H groups in total. The Labute approximate surface area is 95.5 Å². The molecule has 0 radical (unpaired) electrons. The Morgan fingerprint density at radius 2 is 2.12 bits per heavy atom. The summed E-state index contributed by atoms with van der Waals surface area (Å²) in [6.45, 7) is 3.20. The second-order valence-corrected chi connectivity index (χ2v) is 3.93. The van der Waals surface area contributed by atoms with E-state index >= 15 is 0 Å². The Morgan fingerprint density at radius 1 is 1.44 bits per heavy atom. The van der Waals surface area contributed by atoms with Gasteiger partial charge >= 0.3 is 5.97 Å². The van der Waals surface area contributed by atoms with E-state index in [1.807, 2.05) is 19.0 Å². The molecular weight excluding hydrogens is 206 g/mol. The monoisotopic (exact) mass is 223 g/mol. The smallest absolute Gasteiger partial charge is 0.335 e. The standard InChI is InChI=1S/C12H17NO3/c1-9-8-10(16-7-6-13(2)3)4-5-11(9)12(14)15/h4-5,8H,6-7H2,1-3H3,(H,14,15). The van der Waals surface area contributed by atoms with E-state index in [1.54, 1.807) is 25.1 Å². The number of benzene rings is 1. The number of hydrogen-bond acceptors (Lipinski definition) is 3. The van der Waals surface area contributed by atoms with Crippen LogP contribution in [-0.2, 0) is 0 Å². The fraction of sp³-hybridized carbons (Fsp3) is 0.417. The van der Waals surface area contributed by atoms with Gasteiger partial charge in [0.25, 0.3) is 0 Å². The average molecular weight is 223 g/mol. The maximum absolute atomic E-state index is 10.8. The van der Waals surface area contributed by atoms with Gasteiger partial charge < -0.3 is 14.7 Å². The summed E-state index contributed by atoms with van der Waals surface area (Å²) in [5.41, 5.74) is 1.04. The summed E-state index contributed by atoms with van der Waals surface area (Å²) in [5.74, 6) is -0.193. The number of carboxylic acids is 1. The van der Waals surface area contributed by atoms with Crippen LogP contribution in [0.25, 0.3) is 0 Å². The summed E-state index contributed by atoms with van der Waals surface area (Å²) >= 11 is 0. The van der Waals surface area contributed by atoms with E-state index in [0.29, 0.717) is 17.9 Å². The zero-order chi connectivity index (χ0) is 12.1. The van der Waals surface area contributed by atoms with Crippen LogP contribution in [0.4, 0.5) is 0 Å². The normalized spacial score (nSPS) is 10.5. The van der Waals surface area contributed by atoms with Crippen LogP contribution in [0, 0.1) is 6.92 Å². The molecule has 0 heterocycles. The molecule has 1 rings (SSSR count). The lowest BCUT2D eigenvalue weighted by atomic mass is 10.1. The quantitative estimate of drug-likeness (QED) is 0.824. The predicted molar refractivity (Wildman–Crippen MR) is 62.2 cm³/mol. The molecule has 0 aromatic heterocycles. The third-order valence-corrected chi connectivity index (χ3v) is 2.24. The van der Waals surface area contributed by atoms with Crippen molar-refractivity contribution in [1.82, 2.24) is 4.90 Å². The highest BCUT2D eigenvalue weighted by Gasteiger charge is 2.07. The second-order valence-electron chi connectivity index (χ2n) is 3.93. The molecule has 0 atom stereocenters. The summed E-state index contributed by atoms with van der Waals surface area (Å²) in [4.78, 5) is 12.8. The Morgan fingerprint density at radius 3 is 2.62 bits per heavy atom. The minimum atomic E-state index is -0.905. The van der Waals surface area contributed by atoms with Gasteiger partial charge in [-0.05, 0) is 44.8 Å². The van der Waals surface area contributed by atoms with Crippen molar-refractivity contribution in [3.63, 3.8) is 0 Å². The van der Waals surface area contributed by atoms with Crippen LogP contribution in [0.2, 0.25) is 0 Å². The summed E-state index contributed by atoms with van der Waals surface area (Å²) < 4.78 is 5.50. The molecule has 0 unspecified atom stereocenters. The molecule has 0 bridgehead atoms. The maximum atomic E-state index is 10.8. The molecule has 16 heavy (non-hydrogen) atoms. The van der Waals surface area contributed by atoms with Crippen LogP contribution in [0.3, 0.4) is 0 Å². The molecule has 0 saturated heterocycles. The van der Waals surface area contributed by atoms with Gasteiger partial charge in [-0.1, -0.05) is 0 Å². The van der Waals surface area contributed by atoms with Gasteiger partial charge in [0, 0.05) is 6.54 Å². The molecule has 4 nitrogen and oxygen atoms in total. The Bertz CT molecular complexity index is 375. The SMILES string of the molecule is Cc1cc(OCCN(C)C)ccc1C(=O)O. The fourth-order valence-electron chi connectivity index (χ4n) is 1.31. The first-order valence-electron chi connectivity index (χ1n) is 5.12. The van der Waals surface area contributed by atoms with Gasteiger partial charge in [0.2, 0.25) is 0 Å². The highest BCUT2D eigenvalue weighted by Crippen LogP contribution is 2.17. The topological polar surface area (TPSA) is 49.8 Å². The van der Waals surface area contributed by atoms with Gasteiger partial charge in [-0.2, -0.15) is 0 Å². The van der Waals surface area contributed by atoms with E-state index in [4.69, 9.17) is 9.84 Å². The minimum absolute atomic E-state index is 0.319. The molecule has 0 fully saturated rings. The van der Waals surface area contributed by atoms with E-state index in [9.17, 15) is 4.79 Å². The number of rotatable bonds is 5. The van der Waals surface area contributed by atoms with Gasteiger partial charge in [-0.25, -0.2) is 4.79 Å².